The maximum absolute atomic E-state index is 12.1. The van der Waals surface area contributed by atoms with Gasteiger partial charge in [0.1, 0.15) is 5.69 Å². The molecule has 0 aliphatic rings. The lowest BCUT2D eigenvalue weighted by Crippen LogP contribution is -2.30. The average Bonchev–Trinajstić information content (AvgIpc) is 2.52. The van der Waals surface area contributed by atoms with Gasteiger partial charge in [0.25, 0.3) is 5.56 Å². The van der Waals surface area contributed by atoms with E-state index in [4.69, 9.17) is 5.11 Å². The van der Waals surface area contributed by atoms with Crippen LogP contribution in [0.3, 0.4) is 0 Å². The normalized spacial score (nSPS) is 10.7. The number of carboxylic acids is 1. The van der Waals surface area contributed by atoms with Crippen molar-refractivity contribution in [3.8, 4) is 0 Å². The number of fused-ring (bicyclic) bond motifs is 1. The molecule has 7 heteroatoms. The summed E-state index contributed by atoms with van der Waals surface area (Å²) in [5.41, 5.74) is 0.00566. The number of hydrogen-bond donors (Lipinski definition) is 2. The lowest BCUT2D eigenvalue weighted by molar-refractivity contribution is 0.0690. The number of carbonyl (C=O) groups is 1. The molecule has 0 amide bonds. The lowest BCUT2D eigenvalue weighted by atomic mass is 10.2. The highest BCUT2D eigenvalue weighted by Gasteiger charge is 2.09. The fourth-order valence-corrected chi connectivity index (χ4v) is 2.27. The Kier molecular flexibility index (Phi) is 3.30. The van der Waals surface area contributed by atoms with Gasteiger partial charge in [-0.3, -0.25) is 14.3 Å². The second-order valence-corrected chi connectivity index (χ2v) is 4.72. The SMILES string of the molecule is O=C(O)c1cc(Cn2c(=O)[nH]c(=O)c3ccccc32)ccn1. The van der Waals surface area contributed by atoms with Gasteiger partial charge < -0.3 is 5.11 Å². The van der Waals surface area contributed by atoms with Crippen molar-refractivity contribution in [1.29, 1.82) is 0 Å². The van der Waals surface area contributed by atoms with Gasteiger partial charge in [0.05, 0.1) is 17.4 Å². The smallest absolute Gasteiger partial charge is 0.354 e. The van der Waals surface area contributed by atoms with Crippen LogP contribution >= 0.6 is 0 Å². The Bertz CT molecular complexity index is 988. The maximum atomic E-state index is 12.1. The van der Waals surface area contributed by atoms with Gasteiger partial charge in [-0.1, -0.05) is 12.1 Å². The first-order valence-corrected chi connectivity index (χ1v) is 6.46. The summed E-state index contributed by atoms with van der Waals surface area (Å²) >= 11 is 0. The molecule has 1 aromatic carbocycles. The third-order valence-corrected chi connectivity index (χ3v) is 3.29. The highest BCUT2D eigenvalue weighted by atomic mass is 16.4. The van der Waals surface area contributed by atoms with E-state index in [9.17, 15) is 14.4 Å². The van der Waals surface area contributed by atoms with E-state index in [-0.39, 0.29) is 12.2 Å². The van der Waals surface area contributed by atoms with Gasteiger partial charge in [-0.15, -0.1) is 0 Å². The molecule has 110 valence electrons. The fourth-order valence-electron chi connectivity index (χ4n) is 2.27. The van der Waals surface area contributed by atoms with Crippen molar-refractivity contribution >= 4 is 16.9 Å². The van der Waals surface area contributed by atoms with Crippen LogP contribution in [0.2, 0.25) is 0 Å². The second kappa shape index (κ2) is 5.28. The van der Waals surface area contributed by atoms with Gasteiger partial charge in [-0.2, -0.15) is 0 Å². The number of nitrogens with zero attached hydrogens (tertiary/aromatic N) is 2. The van der Waals surface area contributed by atoms with E-state index >= 15 is 0 Å². The molecular formula is C15H11N3O4. The summed E-state index contributed by atoms with van der Waals surface area (Å²) in [5.74, 6) is -1.14. The minimum absolute atomic E-state index is 0.0979. The first-order valence-electron chi connectivity index (χ1n) is 6.46. The zero-order valence-corrected chi connectivity index (χ0v) is 11.3. The Morgan fingerprint density at radius 1 is 1.23 bits per heavy atom. The quantitative estimate of drug-likeness (QED) is 0.745. The van der Waals surface area contributed by atoms with E-state index in [1.54, 1.807) is 30.3 Å². The molecule has 0 saturated carbocycles. The van der Waals surface area contributed by atoms with Crippen molar-refractivity contribution in [2.75, 3.05) is 0 Å². The number of H-pyrrole nitrogens is 1. The van der Waals surface area contributed by atoms with Gasteiger partial charge in [-0.25, -0.2) is 14.6 Å². The van der Waals surface area contributed by atoms with Crippen molar-refractivity contribution in [3.05, 3.63) is 74.7 Å². The number of pyridine rings is 1. The predicted octanol–water partition coefficient (Wildman–Crippen LogP) is 0.831. The molecule has 0 spiro atoms. The van der Waals surface area contributed by atoms with Crippen LogP contribution in [0.4, 0.5) is 0 Å². The Balaban J connectivity index is 2.16. The summed E-state index contributed by atoms with van der Waals surface area (Å²) in [5, 5.41) is 9.36. The van der Waals surface area contributed by atoms with E-state index in [1.165, 1.54) is 16.8 Å². The molecular weight excluding hydrogens is 286 g/mol. The van der Waals surface area contributed by atoms with Crippen molar-refractivity contribution < 1.29 is 9.90 Å². The molecule has 22 heavy (non-hydrogen) atoms. The van der Waals surface area contributed by atoms with Crippen molar-refractivity contribution in [2.45, 2.75) is 6.54 Å². The molecule has 2 aromatic heterocycles. The molecule has 0 fully saturated rings. The van der Waals surface area contributed by atoms with Crippen LogP contribution < -0.4 is 11.2 Å². The van der Waals surface area contributed by atoms with Crippen molar-refractivity contribution in [3.63, 3.8) is 0 Å². The monoisotopic (exact) mass is 297 g/mol. The Labute approximate surface area is 123 Å². The molecule has 7 nitrogen and oxygen atoms in total. The molecule has 2 heterocycles. The highest BCUT2D eigenvalue weighted by molar-refractivity contribution is 5.85. The third kappa shape index (κ3) is 2.39. The van der Waals surface area contributed by atoms with Gasteiger partial charge in [0.2, 0.25) is 0 Å². The van der Waals surface area contributed by atoms with Gasteiger partial charge in [0, 0.05) is 6.20 Å². The van der Waals surface area contributed by atoms with Gasteiger partial charge in [-0.05, 0) is 29.8 Å². The van der Waals surface area contributed by atoms with Crippen LogP contribution in [0.25, 0.3) is 10.9 Å². The van der Waals surface area contributed by atoms with Crippen LogP contribution in [-0.4, -0.2) is 25.6 Å². The number of hydrogen-bond acceptors (Lipinski definition) is 4. The minimum Gasteiger partial charge on any atom is -0.477 e. The number of aromatic nitrogens is 3. The lowest BCUT2D eigenvalue weighted by Gasteiger charge is -2.09. The largest absolute Gasteiger partial charge is 0.477 e. The van der Waals surface area contributed by atoms with Crippen LogP contribution in [0.15, 0.2) is 52.2 Å². The number of nitrogens with one attached hydrogen (secondary N) is 1. The summed E-state index contributed by atoms with van der Waals surface area (Å²) in [7, 11) is 0. The first kappa shape index (κ1) is 13.7. The topological polar surface area (TPSA) is 105 Å². The molecule has 0 bridgehead atoms. The molecule has 0 aliphatic heterocycles. The standard InChI is InChI=1S/C15H11N3O4/c19-13-10-3-1-2-4-12(10)18(15(22)17-13)8-9-5-6-16-11(7-9)14(20)21/h1-7H,8H2,(H,20,21)(H,17,19,22). The summed E-state index contributed by atoms with van der Waals surface area (Å²) in [6, 6.07) is 9.76. The summed E-state index contributed by atoms with van der Waals surface area (Å²) < 4.78 is 1.39. The summed E-state index contributed by atoms with van der Waals surface area (Å²) in [6.07, 6.45) is 1.37. The Morgan fingerprint density at radius 3 is 2.77 bits per heavy atom. The number of benzene rings is 1. The third-order valence-electron chi connectivity index (χ3n) is 3.29. The first-order chi connectivity index (χ1) is 10.6. The zero-order valence-electron chi connectivity index (χ0n) is 11.3. The van der Waals surface area contributed by atoms with E-state index in [2.05, 4.69) is 9.97 Å². The molecule has 0 unspecified atom stereocenters. The summed E-state index contributed by atoms with van der Waals surface area (Å²) in [6.45, 7) is 0.138. The Hall–Kier alpha value is -3.22. The number of carboxylic acid groups (broad SMARTS) is 1. The number of aromatic amines is 1. The van der Waals surface area contributed by atoms with E-state index in [0.717, 1.165) is 0 Å². The molecule has 3 aromatic rings. The highest BCUT2D eigenvalue weighted by Crippen LogP contribution is 2.10. The molecule has 0 radical (unpaired) electrons. The molecule has 0 aliphatic carbocycles. The molecule has 0 saturated heterocycles. The second-order valence-electron chi connectivity index (χ2n) is 4.72. The van der Waals surface area contributed by atoms with Crippen LogP contribution in [0, 0.1) is 0 Å². The predicted molar refractivity (Wildman–Crippen MR) is 79.1 cm³/mol. The minimum atomic E-state index is -1.14. The zero-order chi connectivity index (χ0) is 15.7. The van der Waals surface area contributed by atoms with Crippen LogP contribution in [0.1, 0.15) is 16.1 Å². The van der Waals surface area contributed by atoms with E-state index in [0.29, 0.717) is 16.5 Å². The van der Waals surface area contributed by atoms with Crippen LogP contribution in [-0.2, 0) is 6.54 Å². The van der Waals surface area contributed by atoms with Crippen molar-refractivity contribution in [2.24, 2.45) is 0 Å². The molecule has 2 N–H and O–H groups in total. The average molecular weight is 297 g/mol. The number of aromatic carboxylic acids is 1. The molecule has 3 rings (SSSR count). The Morgan fingerprint density at radius 2 is 2.00 bits per heavy atom. The van der Waals surface area contributed by atoms with Crippen LogP contribution in [0.5, 0.6) is 0 Å². The van der Waals surface area contributed by atoms with Gasteiger partial charge >= 0.3 is 11.7 Å². The van der Waals surface area contributed by atoms with E-state index in [1.807, 2.05) is 0 Å². The van der Waals surface area contributed by atoms with Crippen molar-refractivity contribution in [1.82, 2.24) is 14.5 Å². The number of rotatable bonds is 3. The fraction of sp³-hybridized carbons (Fsp3) is 0.0667. The molecule has 0 atom stereocenters. The summed E-state index contributed by atoms with van der Waals surface area (Å²) in [4.78, 5) is 40.8. The van der Waals surface area contributed by atoms with E-state index < -0.39 is 17.2 Å². The maximum Gasteiger partial charge on any atom is 0.354 e. The van der Waals surface area contributed by atoms with Gasteiger partial charge in [0.15, 0.2) is 0 Å². The number of para-hydroxylation sites is 1.